The number of hydrogen-bond acceptors (Lipinski definition) is 4. The van der Waals surface area contributed by atoms with E-state index in [-0.39, 0.29) is 30.4 Å². The summed E-state index contributed by atoms with van der Waals surface area (Å²) in [5.74, 6) is 0.121. The lowest BCUT2D eigenvalue weighted by Crippen LogP contribution is -2.55. The minimum Gasteiger partial charge on any atom is -0.480 e. The van der Waals surface area contributed by atoms with Crippen molar-refractivity contribution < 1.29 is 19.1 Å². The van der Waals surface area contributed by atoms with Crippen molar-refractivity contribution in [2.24, 2.45) is 5.92 Å². The summed E-state index contributed by atoms with van der Waals surface area (Å²) in [6.07, 6.45) is 4.37. The van der Waals surface area contributed by atoms with Gasteiger partial charge in [-0.15, -0.1) is 11.8 Å². The summed E-state index contributed by atoms with van der Waals surface area (Å²) in [7, 11) is 0. The molecule has 2 fully saturated rings. The first-order valence-corrected chi connectivity index (χ1v) is 10.1. The molecular formula is C19H25FN2O3S. The van der Waals surface area contributed by atoms with Crippen LogP contribution in [-0.2, 0) is 9.59 Å². The van der Waals surface area contributed by atoms with Gasteiger partial charge in [0.1, 0.15) is 5.82 Å². The molecule has 2 aliphatic carbocycles. The molecule has 0 aliphatic heterocycles. The van der Waals surface area contributed by atoms with Crippen LogP contribution >= 0.6 is 11.8 Å². The van der Waals surface area contributed by atoms with E-state index in [9.17, 15) is 14.0 Å². The zero-order chi connectivity index (χ0) is 18.5. The normalized spacial score (nSPS) is 22.1. The van der Waals surface area contributed by atoms with E-state index in [0.29, 0.717) is 23.0 Å². The van der Waals surface area contributed by atoms with Crippen molar-refractivity contribution in [3.8, 4) is 0 Å². The van der Waals surface area contributed by atoms with Gasteiger partial charge < -0.3 is 10.4 Å². The van der Waals surface area contributed by atoms with Crippen LogP contribution in [0.5, 0.6) is 0 Å². The van der Waals surface area contributed by atoms with Crippen molar-refractivity contribution in [2.75, 3.05) is 18.8 Å². The van der Waals surface area contributed by atoms with Gasteiger partial charge in [0.25, 0.3) is 0 Å². The summed E-state index contributed by atoms with van der Waals surface area (Å²) >= 11 is 1.34. The summed E-state index contributed by atoms with van der Waals surface area (Å²) in [6, 6.07) is 6.94. The summed E-state index contributed by atoms with van der Waals surface area (Å²) in [4.78, 5) is 25.7. The molecule has 0 aromatic heterocycles. The van der Waals surface area contributed by atoms with Crippen molar-refractivity contribution in [3.05, 3.63) is 30.1 Å². The van der Waals surface area contributed by atoms with Crippen molar-refractivity contribution in [1.29, 1.82) is 0 Å². The Kier molecular flexibility index (Phi) is 6.53. The number of thioether (sulfide) groups is 1. The lowest BCUT2D eigenvalue weighted by molar-refractivity contribution is -0.140. The van der Waals surface area contributed by atoms with Crippen LogP contribution < -0.4 is 5.32 Å². The number of benzene rings is 1. The first kappa shape index (κ1) is 19.2. The molecule has 2 aliphatic rings. The monoisotopic (exact) mass is 380 g/mol. The summed E-state index contributed by atoms with van der Waals surface area (Å²) in [5, 5.41) is 12.1. The number of carbonyl (C=O) groups excluding carboxylic acids is 1. The van der Waals surface area contributed by atoms with Crippen molar-refractivity contribution in [1.82, 2.24) is 10.2 Å². The van der Waals surface area contributed by atoms with Crippen LogP contribution in [0, 0.1) is 11.7 Å². The lowest BCUT2D eigenvalue weighted by atomic mass is 9.85. The standard InChI is InChI=1S/C19H25FN2O3S/c20-16-3-1-2-4-17(16)26-8-7-18(23)21-14-9-15(10-14)22(12-19(24)25)11-13-5-6-13/h1-4,13-15H,5-12H2,(H,21,23)(H,24,25). The maximum absolute atomic E-state index is 13.5. The summed E-state index contributed by atoms with van der Waals surface area (Å²) in [5.41, 5.74) is 0. The number of carboxylic acids is 1. The number of rotatable bonds is 10. The molecule has 0 radical (unpaired) electrons. The van der Waals surface area contributed by atoms with E-state index >= 15 is 0 Å². The average Bonchev–Trinajstić information content (AvgIpc) is 3.35. The molecule has 0 heterocycles. The fourth-order valence-electron chi connectivity index (χ4n) is 3.27. The van der Waals surface area contributed by atoms with Gasteiger partial charge >= 0.3 is 5.97 Å². The number of nitrogens with one attached hydrogen (secondary N) is 1. The molecule has 1 amide bonds. The minimum absolute atomic E-state index is 0.0238. The van der Waals surface area contributed by atoms with Gasteiger partial charge in [-0.2, -0.15) is 0 Å². The molecule has 2 N–H and O–H groups in total. The van der Waals surface area contributed by atoms with Crippen molar-refractivity contribution in [2.45, 2.75) is 49.1 Å². The molecule has 2 saturated carbocycles. The molecule has 142 valence electrons. The van der Waals surface area contributed by atoms with Crippen LogP contribution in [0.4, 0.5) is 4.39 Å². The fraction of sp³-hybridized carbons (Fsp3) is 0.579. The van der Waals surface area contributed by atoms with Crippen LogP contribution in [-0.4, -0.2) is 52.8 Å². The second-order valence-corrected chi connectivity index (χ2v) is 8.32. The van der Waals surface area contributed by atoms with Crippen LogP contribution in [0.25, 0.3) is 0 Å². The van der Waals surface area contributed by atoms with Crippen LogP contribution in [0.2, 0.25) is 0 Å². The van der Waals surface area contributed by atoms with Gasteiger partial charge in [-0.1, -0.05) is 12.1 Å². The third kappa shape index (κ3) is 5.71. The fourth-order valence-corrected chi connectivity index (χ4v) is 4.16. The first-order chi connectivity index (χ1) is 12.5. The second kappa shape index (κ2) is 8.86. The Morgan fingerprint density at radius 1 is 1.27 bits per heavy atom. The smallest absolute Gasteiger partial charge is 0.317 e. The molecule has 0 unspecified atom stereocenters. The maximum atomic E-state index is 13.5. The third-order valence-electron chi connectivity index (χ3n) is 4.95. The molecule has 0 bridgehead atoms. The molecule has 26 heavy (non-hydrogen) atoms. The molecule has 0 saturated heterocycles. The van der Waals surface area contributed by atoms with E-state index in [1.54, 1.807) is 18.2 Å². The number of nitrogens with zero attached hydrogens (tertiary/aromatic N) is 1. The molecule has 7 heteroatoms. The van der Waals surface area contributed by atoms with Gasteiger partial charge in [0.15, 0.2) is 0 Å². The molecular weight excluding hydrogens is 355 g/mol. The Morgan fingerprint density at radius 2 is 2.00 bits per heavy atom. The van der Waals surface area contributed by atoms with Gasteiger partial charge in [-0.25, -0.2) is 4.39 Å². The number of hydrogen-bond donors (Lipinski definition) is 2. The van der Waals surface area contributed by atoms with Crippen LogP contribution in [0.3, 0.4) is 0 Å². The van der Waals surface area contributed by atoms with Gasteiger partial charge in [-0.05, 0) is 43.7 Å². The Hall–Kier alpha value is -1.60. The molecule has 0 atom stereocenters. The van der Waals surface area contributed by atoms with Crippen molar-refractivity contribution >= 4 is 23.6 Å². The van der Waals surface area contributed by atoms with E-state index in [1.807, 2.05) is 0 Å². The van der Waals surface area contributed by atoms with Gasteiger partial charge in [0.2, 0.25) is 5.91 Å². The van der Waals surface area contributed by atoms with E-state index in [2.05, 4.69) is 10.2 Å². The Balaban J connectivity index is 1.34. The molecule has 1 aromatic carbocycles. The number of aliphatic carboxylic acids is 1. The number of halogens is 1. The van der Waals surface area contributed by atoms with Gasteiger partial charge in [0.05, 0.1) is 6.54 Å². The molecule has 0 spiro atoms. The highest BCUT2D eigenvalue weighted by atomic mass is 32.2. The zero-order valence-corrected chi connectivity index (χ0v) is 15.5. The number of amides is 1. The van der Waals surface area contributed by atoms with Crippen LogP contribution in [0.15, 0.2) is 29.2 Å². The third-order valence-corrected chi connectivity index (χ3v) is 6.00. The lowest BCUT2D eigenvalue weighted by Gasteiger charge is -2.42. The first-order valence-electron chi connectivity index (χ1n) is 9.14. The minimum atomic E-state index is -0.789. The quantitative estimate of drug-likeness (QED) is 0.611. The number of carboxylic acid groups (broad SMARTS) is 1. The zero-order valence-electron chi connectivity index (χ0n) is 14.7. The average molecular weight is 380 g/mol. The van der Waals surface area contributed by atoms with E-state index in [1.165, 1.54) is 30.7 Å². The highest BCUT2D eigenvalue weighted by molar-refractivity contribution is 7.99. The topological polar surface area (TPSA) is 69.6 Å². The summed E-state index contributed by atoms with van der Waals surface area (Å²) < 4.78 is 13.5. The summed E-state index contributed by atoms with van der Waals surface area (Å²) in [6.45, 7) is 0.942. The second-order valence-electron chi connectivity index (χ2n) is 7.19. The molecule has 3 rings (SSSR count). The van der Waals surface area contributed by atoms with E-state index in [4.69, 9.17) is 5.11 Å². The Labute approximate surface area is 157 Å². The predicted octanol–water partition coefficient (Wildman–Crippen LogP) is 2.75. The molecule has 1 aromatic rings. The SMILES string of the molecule is O=C(O)CN(CC1CC1)C1CC(NC(=O)CCSc2ccccc2F)C1. The van der Waals surface area contributed by atoms with E-state index < -0.39 is 5.97 Å². The van der Waals surface area contributed by atoms with E-state index in [0.717, 1.165) is 19.4 Å². The van der Waals surface area contributed by atoms with Crippen LogP contribution in [0.1, 0.15) is 32.1 Å². The maximum Gasteiger partial charge on any atom is 0.317 e. The van der Waals surface area contributed by atoms with Gasteiger partial charge in [-0.3, -0.25) is 14.5 Å². The highest BCUT2D eigenvalue weighted by Crippen LogP contribution is 2.33. The predicted molar refractivity (Wildman–Crippen MR) is 98.6 cm³/mol. The largest absolute Gasteiger partial charge is 0.480 e. The molecule has 5 nitrogen and oxygen atoms in total. The number of carbonyl (C=O) groups is 2. The Morgan fingerprint density at radius 3 is 2.65 bits per heavy atom. The highest BCUT2D eigenvalue weighted by Gasteiger charge is 2.37. The van der Waals surface area contributed by atoms with Gasteiger partial charge in [0, 0.05) is 35.7 Å². The van der Waals surface area contributed by atoms with Crippen molar-refractivity contribution in [3.63, 3.8) is 0 Å². The Bertz CT molecular complexity index is 647.